The second-order valence-corrected chi connectivity index (χ2v) is 17.8. The topological polar surface area (TPSA) is 12.9 Å². The van der Waals surface area contributed by atoms with Gasteiger partial charge in [0.1, 0.15) is 0 Å². The van der Waals surface area contributed by atoms with Gasteiger partial charge in [0.25, 0.3) is 0 Å². The zero-order valence-electron chi connectivity index (χ0n) is 11.0. The van der Waals surface area contributed by atoms with Crippen molar-refractivity contribution in [3.8, 4) is 0 Å². The second-order valence-electron chi connectivity index (χ2n) is 4.75. The van der Waals surface area contributed by atoms with E-state index in [-0.39, 0.29) is 0 Å². The van der Waals surface area contributed by atoms with Crippen molar-refractivity contribution < 1.29 is 0 Å². The molecule has 0 fully saturated rings. The number of pyridine rings is 1. The summed E-state index contributed by atoms with van der Waals surface area (Å²) in [5.41, 5.74) is 0. The maximum atomic E-state index is 4.70. The fraction of sp³-hybridized carbons (Fsp3) is 0.643. The first-order chi connectivity index (χ1) is 7.79. The van der Waals surface area contributed by atoms with Crippen LogP contribution < -0.4 is 3.71 Å². The van der Waals surface area contributed by atoms with Crippen molar-refractivity contribution in [1.29, 1.82) is 0 Å². The Morgan fingerprint density at radius 2 is 1.50 bits per heavy atom. The van der Waals surface area contributed by atoms with Crippen LogP contribution in [0.25, 0.3) is 0 Å². The van der Waals surface area contributed by atoms with Crippen molar-refractivity contribution in [2.24, 2.45) is 0 Å². The molecule has 2 heteroatoms. The first-order valence-corrected chi connectivity index (χ1v) is 14.2. The van der Waals surface area contributed by atoms with Crippen LogP contribution >= 0.6 is 0 Å². The normalized spacial score (nSPS) is 11.7. The molecule has 0 aliphatic heterocycles. The zero-order valence-corrected chi connectivity index (χ0v) is 13.9. The first-order valence-electron chi connectivity index (χ1n) is 6.70. The minimum atomic E-state index is -2.11. The molecule has 0 aliphatic rings. The molecule has 0 spiro atoms. The third-order valence-electron chi connectivity index (χ3n) is 3.39. The second kappa shape index (κ2) is 7.31. The first kappa shape index (κ1) is 14.0. The molecule has 0 aliphatic carbocycles. The number of hydrogen-bond donors (Lipinski definition) is 0. The van der Waals surface area contributed by atoms with Gasteiger partial charge in [-0.2, -0.15) is 0 Å². The Morgan fingerprint density at radius 3 is 1.88 bits per heavy atom. The van der Waals surface area contributed by atoms with Crippen LogP contribution in [0.5, 0.6) is 0 Å². The summed E-state index contributed by atoms with van der Waals surface area (Å²) in [4.78, 5) is 4.70. The summed E-state index contributed by atoms with van der Waals surface area (Å²) in [6, 6.07) is 6.52. The average molecular weight is 326 g/mol. The quantitative estimate of drug-likeness (QED) is 0.691. The predicted octanol–water partition coefficient (Wildman–Crippen LogP) is 3.97. The number of hydrogen-bond acceptors (Lipinski definition) is 1. The fourth-order valence-corrected chi connectivity index (χ4v) is 17.7. The molecule has 1 aromatic heterocycles. The molecule has 0 amide bonds. The molecule has 0 N–H and O–H groups in total. The van der Waals surface area contributed by atoms with Crippen LogP contribution in [0.4, 0.5) is 0 Å². The Morgan fingerprint density at radius 1 is 0.938 bits per heavy atom. The Bertz CT molecular complexity index is 267. The van der Waals surface area contributed by atoms with Gasteiger partial charge in [-0.3, -0.25) is 0 Å². The van der Waals surface area contributed by atoms with Crippen molar-refractivity contribution >= 4 is 22.1 Å². The van der Waals surface area contributed by atoms with Gasteiger partial charge in [0, 0.05) is 0 Å². The minimum absolute atomic E-state index is 1.34. The molecule has 0 unspecified atom stereocenters. The molecule has 0 atom stereocenters. The summed E-state index contributed by atoms with van der Waals surface area (Å²) < 4.78 is 5.95. The van der Waals surface area contributed by atoms with Crippen molar-refractivity contribution in [3.63, 3.8) is 0 Å². The van der Waals surface area contributed by atoms with E-state index >= 15 is 0 Å². The molecule has 0 saturated heterocycles. The Balaban J connectivity index is 2.99. The Hall–Kier alpha value is -0.0513. The molecule has 0 bridgehead atoms. The number of nitrogens with zero attached hydrogens (tertiary/aromatic N) is 1. The van der Waals surface area contributed by atoms with Crippen LogP contribution in [-0.2, 0) is 0 Å². The molecule has 90 valence electrons. The number of aromatic nitrogens is 1. The van der Waals surface area contributed by atoms with Gasteiger partial charge in [-0.05, 0) is 0 Å². The van der Waals surface area contributed by atoms with Crippen molar-refractivity contribution in [2.45, 2.75) is 53.3 Å². The van der Waals surface area contributed by atoms with Crippen LogP contribution in [0.3, 0.4) is 0 Å². The van der Waals surface area contributed by atoms with Crippen LogP contribution in [0.15, 0.2) is 24.4 Å². The summed E-state index contributed by atoms with van der Waals surface area (Å²) in [7, 11) is 0. The van der Waals surface area contributed by atoms with Crippen LogP contribution in [-0.4, -0.2) is 23.4 Å². The van der Waals surface area contributed by atoms with E-state index in [4.69, 9.17) is 4.98 Å². The van der Waals surface area contributed by atoms with E-state index < -0.39 is 18.4 Å². The molecule has 1 nitrogen and oxygen atoms in total. The van der Waals surface area contributed by atoms with Gasteiger partial charge in [0.05, 0.1) is 0 Å². The summed E-state index contributed by atoms with van der Waals surface area (Å²) in [6.07, 6.45) is 6.01. The van der Waals surface area contributed by atoms with E-state index in [0.29, 0.717) is 0 Å². The fourth-order valence-electron chi connectivity index (χ4n) is 2.87. The van der Waals surface area contributed by atoms with Crippen LogP contribution in [0, 0.1) is 0 Å². The Labute approximate surface area is 105 Å². The average Bonchev–Trinajstić information content (AvgIpc) is 2.31. The van der Waals surface area contributed by atoms with E-state index in [1.54, 1.807) is 0 Å². The third-order valence-corrected chi connectivity index (χ3v) is 19.8. The van der Waals surface area contributed by atoms with Crippen LogP contribution in [0.1, 0.15) is 40.0 Å². The zero-order chi connectivity index (χ0) is 11.9. The monoisotopic (exact) mass is 327 g/mol. The summed E-state index contributed by atoms with van der Waals surface area (Å²) >= 11 is -2.11. The van der Waals surface area contributed by atoms with Crippen molar-refractivity contribution in [2.75, 3.05) is 0 Å². The summed E-state index contributed by atoms with van der Waals surface area (Å²) in [5.74, 6) is 0. The van der Waals surface area contributed by atoms with Gasteiger partial charge in [0.2, 0.25) is 0 Å². The van der Waals surface area contributed by atoms with E-state index in [1.807, 2.05) is 12.3 Å². The molecule has 0 radical (unpaired) electrons. The van der Waals surface area contributed by atoms with Crippen molar-refractivity contribution in [1.82, 2.24) is 4.98 Å². The van der Waals surface area contributed by atoms with E-state index in [2.05, 4.69) is 32.9 Å². The predicted molar refractivity (Wildman–Crippen MR) is 74.9 cm³/mol. The molecule has 0 aromatic carbocycles. The number of rotatable bonds is 7. The molecule has 1 heterocycles. The Kier molecular flexibility index (Phi) is 6.40. The third kappa shape index (κ3) is 3.47. The van der Waals surface area contributed by atoms with Gasteiger partial charge in [0.15, 0.2) is 0 Å². The van der Waals surface area contributed by atoms with Gasteiger partial charge < -0.3 is 0 Å². The van der Waals surface area contributed by atoms with Gasteiger partial charge in [-0.25, -0.2) is 0 Å². The standard InChI is InChI=1S/C5H4N.3C3H7.Sn/c1-2-4-6-5-3-1;3*1-3-2;/h1-4H;3*1,3H2,2H3;. The summed E-state index contributed by atoms with van der Waals surface area (Å²) in [5, 5.41) is 0. The molecule has 0 saturated carbocycles. The summed E-state index contributed by atoms with van der Waals surface area (Å²) in [6.45, 7) is 7.00. The molecule has 1 aromatic rings. The van der Waals surface area contributed by atoms with Crippen LogP contribution in [0.2, 0.25) is 13.3 Å². The van der Waals surface area contributed by atoms with Crippen molar-refractivity contribution in [3.05, 3.63) is 24.4 Å². The molecule has 16 heavy (non-hydrogen) atoms. The van der Waals surface area contributed by atoms with Gasteiger partial charge in [-0.15, -0.1) is 0 Å². The molecule has 1 rings (SSSR count). The van der Waals surface area contributed by atoms with E-state index in [0.717, 1.165) is 0 Å². The molecular formula is C14H25NSn. The van der Waals surface area contributed by atoms with Gasteiger partial charge >= 0.3 is 105 Å². The maximum absolute atomic E-state index is 4.70. The van der Waals surface area contributed by atoms with E-state index in [1.165, 1.54) is 36.3 Å². The van der Waals surface area contributed by atoms with E-state index in [9.17, 15) is 0 Å². The molecular weight excluding hydrogens is 301 g/mol. The van der Waals surface area contributed by atoms with Gasteiger partial charge in [-0.1, -0.05) is 0 Å². The SMILES string of the molecule is CC[CH2][Sn]([CH2]CC)([CH2]CC)[c]1ccccn1.